The third kappa shape index (κ3) is 5.33. The minimum atomic E-state index is -4.84. The van der Waals surface area contributed by atoms with Gasteiger partial charge >= 0.3 is 6.36 Å². The van der Waals surface area contributed by atoms with Gasteiger partial charge in [0.2, 0.25) is 5.91 Å². The van der Waals surface area contributed by atoms with Crippen molar-refractivity contribution >= 4 is 11.8 Å². The number of halogens is 3. The molecule has 0 heterocycles. The predicted octanol–water partition coefficient (Wildman–Crippen LogP) is 1.82. The van der Waals surface area contributed by atoms with Crippen LogP contribution in [-0.2, 0) is 4.79 Å². The molecule has 1 unspecified atom stereocenters. The summed E-state index contributed by atoms with van der Waals surface area (Å²) < 4.78 is 40.1. The molecular weight excluding hydrogens is 289 g/mol. The maximum atomic E-state index is 12.1. The van der Waals surface area contributed by atoms with Crippen molar-refractivity contribution in [3.63, 3.8) is 0 Å². The van der Waals surface area contributed by atoms with Crippen LogP contribution in [0.15, 0.2) is 24.3 Å². The van der Waals surface area contributed by atoms with Crippen LogP contribution in [0.5, 0.6) is 5.75 Å². The number of benzene rings is 1. The van der Waals surface area contributed by atoms with Crippen LogP contribution in [-0.4, -0.2) is 24.2 Å². The molecule has 0 saturated carbocycles. The molecule has 0 aliphatic rings. The fraction of sp³-hybridized carbons (Fsp3) is 0.385. The number of primary amides is 1. The second kappa shape index (κ2) is 6.47. The lowest BCUT2D eigenvalue weighted by molar-refractivity contribution is -0.274. The van der Waals surface area contributed by atoms with Gasteiger partial charge in [-0.05, 0) is 24.1 Å². The van der Waals surface area contributed by atoms with Crippen LogP contribution in [0.3, 0.4) is 0 Å². The number of carbonyl (C=O) groups is 2. The minimum Gasteiger partial charge on any atom is -0.406 e. The number of rotatable bonds is 5. The van der Waals surface area contributed by atoms with Crippen LogP contribution < -0.4 is 15.8 Å². The second-order valence-electron chi connectivity index (χ2n) is 4.67. The molecular formula is C13H15F3N2O3. The van der Waals surface area contributed by atoms with Crippen LogP contribution in [0.4, 0.5) is 13.2 Å². The lowest BCUT2D eigenvalue weighted by Crippen LogP contribution is -2.47. The Hall–Kier alpha value is -2.25. The van der Waals surface area contributed by atoms with Gasteiger partial charge < -0.3 is 15.8 Å². The molecule has 0 radical (unpaired) electrons. The Kier molecular flexibility index (Phi) is 5.17. The number of carbonyl (C=O) groups excluding carboxylic acids is 2. The summed E-state index contributed by atoms with van der Waals surface area (Å²) in [6, 6.07) is 3.63. The number of hydrogen-bond acceptors (Lipinski definition) is 3. The molecule has 3 N–H and O–H groups in total. The first-order valence-corrected chi connectivity index (χ1v) is 6.06. The molecule has 0 fully saturated rings. The van der Waals surface area contributed by atoms with E-state index in [4.69, 9.17) is 5.73 Å². The molecule has 1 atom stereocenters. The van der Waals surface area contributed by atoms with Gasteiger partial charge in [0.05, 0.1) is 0 Å². The van der Waals surface area contributed by atoms with Crippen LogP contribution in [0.25, 0.3) is 0 Å². The van der Waals surface area contributed by atoms with Gasteiger partial charge in [-0.2, -0.15) is 0 Å². The van der Waals surface area contributed by atoms with E-state index in [2.05, 4.69) is 10.1 Å². The molecule has 116 valence electrons. The molecule has 21 heavy (non-hydrogen) atoms. The normalized spacial score (nSPS) is 12.9. The maximum absolute atomic E-state index is 12.1. The summed E-state index contributed by atoms with van der Waals surface area (Å²) in [4.78, 5) is 23.1. The molecule has 0 saturated heterocycles. The first kappa shape index (κ1) is 16.8. The lowest BCUT2D eigenvalue weighted by Gasteiger charge is -2.19. The van der Waals surface area contributed by atoms with Crippen molar-refractivity contribution < 1.29 is 27.5 Å². The van der Waals surface area contributed by atoms with E-state index in [1.54, 1.807) is 13.8 Å². The van der Waals surface area contributed by atoms with Gasteiger partial charge in [0, 0.05) is 5.56 Å². The SMILES string of the molecule is CC(C)C(NC(=O)c1cccc(OC(F)(F)F)c1)C(N)=O. The Labute approximate surface area is 119 Å². The van der Waals surface area contributed by atoms with E-state index in [0.717, 1.165) is 12.1 Å². The molecule has 5 nitrogen and oxygen atoms in total. The largest absolute Gasteiger partial charge is 0.573 e. The summed E-state index contributed by atoms with van der Waals surface area (Å²) in [5.41, 5.74) is 5.08. The Morgan fingerprint density at radius 1 is 1.29 bits per heavy atom. The van der Waals surface area contributed by atoms with E-state index in [-0.39, 0.29) is 11.5 Å². The number of nitrogens with one attached hydrogen (secondary N) is 1. The number of amides is 2. The number of nitrogens with two attached hydrogens (primary N) is 1. The van der Waals surface area contributed by atoms with Crippen molar-refractivity contribution in [2.24, 2.45) is 11.7 Å². The fourth-order valence-corrected chi connectivity index (χ4v) is 1.63. The van der Waals surface area contributed by atoms with Gasteiger partial charge in [0.25, 0.3) is 5.91 Å². The van der Waals surface area contributed by atoms with E-state index >= 15 is 0 Å². The van der Waals surface area contributed by atoms with Crippen LogP contribution in [0.1, 0.15) is 24.2 Å². The van der Waals surface area contributed by atoms with Gasteiger partial charge in [-0.1, -0.05) is 19.9 Å². The molecule has 0 spiro atoms. The Balaban J connectivity index is 2.88. The number of alkyl halides is 3. The Bertz CT molecular complexity index is 530. The molecule has 0 aliphatic carbocycles. The Morgan fingerprint density at radius 3 is 2.38 bits per heavy atom. The quantitative estimate of drug-likeness (QED) is 0.870. The highest BCUT2D eigenvalue weighted by molar-refractivity contribution is 5.97. The van der Waals surface area contributed by atoms with Crippen LogP contribution >= 0.6 is 0 Å². The average Bonchev–Trinajstić information content (AvgIpc) is 2.33. The molecule has 1 rings (SSSR count). The maximum Gasteiger partial charge on any atom is 0.573 e. The molecule has 8 heteroatoms. The van der Waals surface area contributed by atoms with Crippen molar-refractivity contribution in [1.82, 2.24) is 5.32 Å². The van der Waals surface area contributed by atoms with E-state index in [1.807, 2.05) is 0 Å². The summed E-state index contributed by atoms with van der Waals surface area (Å²) in [6.07, 6.45) is -4.84. The molecule has 0 aromatic heterocycles. The third-order valence-corrected chi connectivity index (χ3v) is 2.59. The van der Waals surface area contributed by atoms with Crippen LogP contribution in [0, 0.1) is 5.92 Å². The molecule has 1 aromatic carbocycles. The molecule has 1 aromatic rings. The summed E-state index contributed by atoms with van der Waals surface area (Å²) in [6.45, 7) is 3.36. The van der Waals surface area contributed by atoms with Gasteiger partial charge in [-0.3, -0.25) is 9.59 Å². The topological polar surface area (TPSA) is 81.4 Å². The van der Waals surface area contributed by atoms with E-state index < -0.39 is 30.0 Å². The second-order valence-corrected chi connectivity index (χ2v) is 4.67. The minimum absolute atomic E-state index is 0.0661. The summed E-state index contributed by atoms with van der Waals surface area (Å²) in [7, 11) is 0. The Morgan fingerprint density at radius 2 is 1.90 bits per heavy atom. The first-order valence-electron chi connectivity index (χ1n) is 6.06. The summed E-state index contributed by atoms with van der Waals surface area (Å²) in [5, 5.41) is 2.37. The zero-order chi connectivity index (χ0) is 16.2. The first-order chi connectivity index (χ1) is 9.60. The predicted molar refractivity (Wildman–Crippen MR) is 68.4 cm³/mol. The zero-order valence-corrected chi connectivity index (χ0v) is 11.4. The van der Waals surface area contributed by atoms with Gasteiger partial charge in [-0.15, -0.1) is 13.2 Å². The van der Waals surface area contributed by atoms with Crippen molar-refractivity contribution in [2.75, 3.05) is 0 Å². The fourth-order valence-electron chi connectivity index (χ4n) is 1.63. The van der Waals surface area contributed by atoms with Crippen molar-refractivity contribution in [1.29, 1.82) is 0 Å². The van der Waals surface area contributed by atoms with E-state index in [1.165, 1.54) is 12.1 Å². The van der Waals surface area contributed by atoms with E-state index in [0.29, 0.717) is 0 Å². The molecule has 2 amide bonds. The zero-order valence-electron chi connectivity index (χ0n) is 11.4. The van der Waals surface area contributed by atoms with Gasteiger partial charge in [0.15, 0.2) is 0 Å². The molecule has 0 aliphatic heterocycles. The number of ether oxygens (including phenoxy) is 1. The monoisotopic (exact) mass is 304 g/mol. The highest BCUT2D eigenvalue weighted by Gasteiger charge is 2.31. The highest BCUT2D eigenvalue weighted by Crippen LogP contribution is 2.23. The highest BCUT2D eigenvalue weighted by atomic mass is 19.4. The summed E-state index contributed by atoms with van der Waals surface area (Å²) in [5.74, 6) is -2.20. The standard InChI is InChI=1S/C13H15F3N2O3/c1-7(2)10(11(17)19)18-12(20)8-4-3-5-9(6-8)21-13(14,15)16/h3-7,10H,1-2H3,(H2,17,19)(H,18,20). The van der Waals surface area contributed by atoms with Crippen LogP contribution in [0.2, 0.25) is 0 Å². The van der Waals surface area contributed by atoms with E-state index in [9.17, 15) is 22.8 Å². The number of hydrogen-bond donors (Lipinski definition) is 2. The average molecular weight is 304 g/mol. The molecule has 0 bridgehead atoms. The lowest BCUT2D eigenvalue weighted by atomic mass is 10.0. The smallest absolute Gasteiger partial charge is 0.406 e. The van der Waals surface area contributed by atoms with Crippen molar-refractivity contribution in [2.45, 2.75) is 26.3 Å². The summed E-state index contributed by atoms with van der Waals surface area (Å²) >= 11 is 0. The van der Waals surface area contributed by atoms with Gasteiger partial charge in [-0.25, -0.2) is 0 Å². The van der Waals surface area contributed by atoms with Crippen molar-refractivity contribution in [3.05, 3.63) is 29.8 Å². The van der Waals surface area contributed by atoms with Crippen molar-refractivity contribution in [3.8, 4) is 5.75 Å². The van der Waals surface area contributed by atoms with Gasteiger partial charge in [0.1, 0.15) is 11.8 Å². The third-order valence-electron chi connectivity index (χ3n) is 2.59.